The zero-order chi connectivity index (χ0) is 24.3. The Labute approximate surface area is 202 Å². The van der Waals surface area contributed by atoms with E-state index in [9.17, 15) is 18.3 Å². The van der Waals surface area contributed by atoms with Crippen LogP contribution < -0.4 is 0 Å². The lowest BCUT2D eigenvalue weighted by Crippen LogP contribution is -2.12. The van der Waals surface area contributed by atoms with Crippen molar-refractivity contribution in [3.05, 3.63) is 64.0 Å². The van der Waals surface area contributed by atoms with Gasteiger partial charge in [-0.15, -0.1) is 15.7 Å². The van der Waals surface area contributed by atoms with Crippen LogP contribution in [0, 0.1) is 0 Å². The monoisotopic (exact) mass is 505 g/mol. The number of benzene rings is 2. The Morgan fingerprint density at radius 2 is 1.61 bits per heavy atom. The molecule has 0 aliphatic rings. The van der Waals surface area contributed by atoms with Gasteiger partial charge in [-0.1, -0.05) is 35.9 Å². The molecule has 7 nitrogen and oxygen atoms in total. The first kappa shape index (κ1) is 24.9. The van der Waals surface area contributed by atoms with E-state index in [2.05, 4.69) is 4.40 Å². The summed E-state index contributed by atoms with van der Waals surface area (Å²) in [6.45, 7) is 0.504. The summed E-state index contributed by atoms with van der Waals surface area (Å²) < 4.78 is 28.6. The zero-order valence-corrected chi connectivity index (χ0v) is 21.0. The van der Waals surface area contributed by atoms with Gasteiger partial charge in [0.25, 0.3) is 10.0 Å². The Kier molecular flexibility index (Phi) is 7.58. The van der Waals surface area contributed by atoms with Crippen molar-refractivity contribution in [1.29, 1.82) is 0 Å². The van der Waals surface area contributed by atoms with Crippen molar-refractivity contribution in [2.24, 2.45) is 4.40 Å². The molecule has 0 radical (unpaired) electrons. The SMILES string of the molecule is CN(C)C=NS(=O)(=O)c1ccc(-c2c(C(=O)O)sc(-c3ccc(Cl)cc3)c2CN(C)C)cc1. The molecule has 10 heteroatoms. The van der Waals surface area contributed by atoms with Gasteiger partial charge in [-0.25, -0.2) is 4.79 Å². The Bertz CT molecular complexity index is 1280. The molecule has 0 unspecified atom stereocenters. The standard InChI is InChI=1S/C23H24ClN3O4S2/c1-26(2)13-19-20(15-7-11-18(12-8-15)33(30,31)25-14-27(3)4)22(23(28)29)32-21(19)16-5-9-17(24)10-6-16/h5-12,14H,13H2,1-4H3,(H,28,29). The molecule has 0 spiro atoms. The molecule has 1 heterocycles. The van der Waals surface area contributed by atoms with Gasteiger partial charge in [-0.2, -0.15) is 8.42 Å². The number of carboxylic acid groups (broad SMARTS) is 1. The maximum absolute atomic E-state index is 12.5. The van der Waals surface area contributed by atoms with E-state index >= 15 is 0 Å². The van der Waals surface area contributed by atoms with Crippen molar-refractivity contribution in [3.8, 4) is 21.6 Å². The highest BCUT2D eigenvalue weighted by Gasteiger charge is 2.25. The highest BCUT2D eigenvalue weighted by Crippen LogP contribution is 2.43. The number of sulfonamides is 1. The van der Waals surface area contributed by atoms with Gasteiger partial charge in [0, 0.05) is 36.1 Å². The lowest BCUT2D eigenvalue weighted by atomic mass is 9.97. The van der Waals surface area contributed by atoms with Gasteiger partial charge >= 0.3 is 5.97 Å². The fraction of sp³-hybridized carbons (Fsp3) is 0.217. The van der Waals surface area contributed by atoms with Crippen LogP contribution in [0.4, 0.5) is 0 Å². The van der Waals surface area contributed by atoms with E-state index in [1.807, 2.05) is 31.1 Å². The van der Waals surface area contributed by atoms with E-state index < -0.39 is 16.0 Å². The molecule has 33 heavy (non-hydrogen) atoms. The summed E-state index contributed by atoms with van der Waals surface area (Å²) in [4.78, 5) is 16.7. The molecule has 0 atom stereocenters. The molecule has 0 aliphatic carbocycles. The fourth-order valence-electron chi connectivity index (χ4n) is 3.23. The van der Waals surface area contributed by atoms with Gasteiger partial charge in [-0.05, 0) is 55.1 Å². The van der Waals surface area contributed by atoms with Gasteiger partial charge in [-0.3, -0.25) is 0 Å². The van der Waals surface area contributed by atoms with Crippen molar-refractivity contribution >= 4 is 45.3 Å². The summed E-state index contributed by atoms with van der Waals surface area (Å²) >= 11 is 7.23. The van der Waals surface area contributed by atoms with Crippen LogP contribution >= 0.6 is 22.9 Å². The van der Waals surface area contributed by atoms with Crippen LogP contribution in [-0.2, 0) is 16.6 Å². The van der Waals surface area contributed by atoms with Crippen molar-refractivity contribution in [1.82, 2.24) is 9.80 Å². The van der Waals surface area contributed by atoms with Gasteiger partial charge in [0.2, 0.25) is 0 Å². The predicted octanol–water partition coefficient (Wildman–Crippen LogP) is 4.77. The van der Waals surface area contributed by atoms with E-state index in [1.165, 1.54) is 34.7 Å². The van der Waals surface area contributed by atoms with Crippen LogP contribution in [-0.4, -0.2) is 63.8 Å². The summed E-state index contributed by atoms with van der Waals surface area (Å²) in [7, 11) is 3.31. The Morgan fingerprint density at radius 1 is 1.03 bits per heavy atom. The number of hydrogen-bond acceptors (Lipinski definition) is 5. The number of carbonyl (C=O) groups is 1. The van der Waals surface area contributed by atoms with E-state index in [0.717, 1.165) is 16.0 Å². The number of hydrogen-bond donors (Lipinski definition) is 1. The summed E-state index contributed by atoms with van der Waals surface area (Å²) in [5.74, 6) is -1.04. The number of rotatable bonds is 8. The second-order valence-corrected chi connectivity index (χ2v) is 10.9. The minimum atomic E-state index is -3.86. The lowest BCUT2D eigenvalue weighted by Gasteiger charge is -2.14. The molecule has 0 bridgehead atoms. The fourth-order valence-corrected chi connectivity index (χ4v) is 5.45. The number of thiophene rings is 1. The third-order valence-electron chi connectivity index (χ3n) is 4.64. The first-order valence-corrected chi connectivity index (χ1v) is 12.5. The second-order valence-electron chi connectivity index (χ2n) is 7.85. The van der Waals surface area contributed by atoms with Crippen LogP contribution in [0.15, 0.2) is 57.8 Å². The average Bonchev–Trinajstić information content (AvgIpc) is 3.12. The highest BCUT2D eigenvalue weighted by molar-refractivity contribution is 7.90. The number of carboxylic acids is 1. The molecular formula is C23H24ClN3O4S2. The van der Waals surface area contributed by atoms with Crippen LogP contribution in [0.5, 0.6) is 0 Å². The second kappa shape index (κ2) is 10.0. The maximum Gasteiger partial charge on any atom is 0.346 e. The van der Waals surface area contributed by atoms with E-state index in [4.69, 9.17) is 11.6 Å². The number of aromatic carboxylic acids is 1. The van der Waals surface area contributed by atoms with Crippen LogP contribution in [0.3, 0.4) is 0 Å². The minimum Gasteiger partial charge on any atom is -0.477 e. The number of nitrogens with zero attached hydrogens (tertiary/aromatic N) is 3. The third kappa shape index (κ3) is 5.80. The molecule has 3 aromatic rings. The van der Waals surface area contributed by atoms with Gasteiger partial charge in [0.1, 0.15) is 11.2 Å². The van der Waals surface area contributed by atoms with E-state index in [-0.39, 0.29) is 9.77 Å². The number of halogens is 1. The van der Waals surface area contributed by atoms with Crippen molar-refractivity contribution in [2.45, 2.75) is 11.4 Å². The molecule has 3 rings (SSSR count). The van der Waals surface area contributed by atoms with Crippen LogP contribution in [0.25, 0.3) is 21.6 Å². The highest BCUT2D eigenvalue weighted by atomic mass is 35.5. The van der Waals surface area contributed by atoms with Crippen molar-refractivity contribution in [2.75, 3.05) is 28.2 Å². The molecule has 0 saturated carbocycles. The largest absolute Gasteiger partial charge is 0.477 e. The van der Waals surface area contributed by atoms with Crippen molar-refractivity contribution in [3.63, 3.8) is 0 Å². The Hall–Kier alpha value is -2.72. The van der Waals surface area contributed by atoms with E-state index in [1.54, 1.807) is 38.4 Å². The van der Waals surface area contributed by atoms with Crippen LogP contribution in [0.2, 0.25) is 5.02 Å². The summed E-state index contributed by atoms with van der Waals surface area (Å²) in [6.07, 6.45) is 1.22. The minimum absolute atomic E-state index is 0.0311. The Balaban J connectivity index is 2.17. The van der Waals surface area contributed by atoms with Gasteiger partial charge in [0.15, 0.2) is 0 Å². The molecule has 174 valence electrons. The smallest absolute Gasteiger partial charge is 0.346 e. The molecule has 0 aliphatic heterocycles. The first-order chi connectivity index (χ1) is 15.5. The molecule has 0 saturated heterocycles. The van der Waals surface area contributed by atoms with Crippen molar-refractivity contribution < 1.29 is 18.3 Å². The molecule has 0 fully saturated rings. The van der Waals surface area contributed by atoms with E-state index in [0.29, 0.717) is 22.7 Å². The first-order valence-electron chi connectivity index (χ1n) is 9.86. The zero-order valence-electron chi connectivity index (χ0n) is 18.6. The summed E-state index contributed by atoms with van der Waals surface area (Å²) in [5.41, 5.74) is 2.92. The molecule has 0 amide bonds. The molecule has 2 aromatic carbocycles. The quantitative estimate of drug-likeness (QED) is 0.350. The topological polar surface area (TPSA) is 90.3 Å². The summed E-state index contributed by atoms with van der Waals surface area (Å²) in [5, 5.41) is 10.5. The lowest BCUT2D eigenvalue weighted by molar-refractivity contribution is 0.0703. The summed E-state index contributed by atoms with van der Waals surface area (Å²) in [6, 6.07) is 13.4. The molecular weight excluding hydrogens is 482 g/mol. The third-order valence-corrected chi connectivity index (χ3v) is 7.40. The predicted molar refractivity (Wildman–Crippen MR) is 134 cm³/mol. The molecule has 1 N–H and O–H groups in total. The molecule has 1 aromatic heterocycles. The van der Waals surface area contributed by atoms with Gasteiger partial charge < -0.3 is 14.9 Å². The van der Waals surface area contributed by atoms with Crippen LogP contribution in [0.1, 0.15) is 15.2 Å². The maximum atomic E-state index is 12.5. The Morgan fingerprint density at radius 3 is 2.12 bits per heavy atom. The normalized spacial score (nSPS) is 11.9. The average molecular weight is 506 g/mol. The van der Waals surface area contributed by atoms with Gasteiger partial charge in [0.05, 0.1) is 4.90 Å².